The maximum absolute atomic E-state index is 13.5. The summed E-state index contributed by atoms with van der Waals surface area (Å²) in [6.07, 6.45) is -5.68. The normalized spacial score (nSPS) is 12.5. The highest BCUT2D eigenvalue weighted by atomic mass is 127. The molecule has 0 aliphatic heterocycles. The van der Waals surface area contributed by atoms with Crippen LogP contribution in [0.1, 0.15) is 5.56 Å². The van der Waals surface area contributed by atoms with Crippen LogP contribution < -0.4 is 0 Å². The summed E-state index contributed by atoms with van der Waals surface area (Å²) in [6, 6.07) is 8.57. The highest BCUT2D eigenvalue weighted by Crippen LogP contribution is 2.46. The van der Waals surface area contributed by atoms with E-state index in [4.69, 9.17) is 11.6 Å². The molecule has 2 aromatic carbocycles. The third-order valence-electron chi connectivity index (χ3n) is 2.83. The lowest BCUT2D eigenvalue weighted by Crippen LogP contribution is -2.33. The Bertz CT molecular complexity index is 715. The lowest BCUT2D eigenvalue weighted by Gasteiger charge is -2.21. The minimum Gasteiger partial charge on any atom is -0.191 e. The molecule has 2 aromatic rings. The largest absolute Gasteiger partial charge is 0.458 e. The van der Waals surface area contributed by atoms with Gasteiger partial charge in [-0.15, -0.1) is 0 Å². The van der Waals surface area contributed by atoms with Gasteiger partial charge in [0.05, 0.1) is 0 Å². The fourth-order valence-electron chi connectivity index (χ4n) is 1.72. The maximum Gasteiger partial charge on any atom is 0.458 e. The van der Waals surface area contributed by atoms with Crippen LogP contribution in [-0.2, 0) is 5.92 Å². The predicted octanol–water partition coefficient (Wildman–Crippen LogP) is 6.83. The standard InChI is InChI=1S/C14H5BrClF5I/c15-11-3-1-7(13(17,18)14(19,20)21)5-9(11)10-6-8(22)2-4-12(10)16/h1-2,4-6H. The van der Waals surface area contributed by atoms with Gasteiger partial charge >= 0.3 is 12.1 Å². The number of hydrogen-bond acceptors (Lipinski definition) is 0. The Balaban J connectivity index is 2.64. The number of rotatable bonds is 2. The summed E-state index contributed by atoms with van der Waals surface area (Å²) in [7, 11) is 0. The maximum atomic E-state index is 13.5. The van der Waals surface area contributed by atoms with E-state index in [1.165, 1.54) is 0 Å². The molecule has 1 radical (unpaired) electrons. The predicted molar refractivity (Wildman–Crippen MR) is 86.1 cm³/mol. The molecule has 8 heteroatoms. The molecule has 0 aliphatic carbocycles. The molecular weight excluding hydrogens is 505 g/mol. The van der Waals surface area contributed by atoms with Crippen LogP contribution in [-0.4, -0.2) is 6.18 Å². The highest BCUT2D eigenvalue weighted by molar-refractivity contribution is 14.1. The van der Waals surface area contributed by atoms with E-state index < -0.39 is 17.7 Å². The molecule has 0 bridgehead atoms. The minimum atomic E-state index is -5.68. The molecule has 0 nitrogen and oxygen atoms in total. The van der Waals surface area contributed by atoms with Gasteiger partial charge in [-0.05, 0) is 80.5 Å². The van der Waals surface area contributed by atoms with Crippen LogP contribution in [0, 0.1) is 9.64 Å². The SMILES string of the molecule is FC(F)(F)C(F)(F)c1c[c]c(Br)c(-c2cc(I)ccc2Cl)c1. The van der Waals surface area contributed by atoms with Gasteiger partial charge in [-0.1, -0.05) is 11.6 Å². The van der Waals surface area contributed by atoms with Gasteiger partial charge in [-0.25, -0.2) is 0 Å². The Morgan fingerprint density at radius 1 is 1.05 bits per heavy atom. The Hall–Kier alpha value is -0.410. The van der Waals surface area contributed by atoms with Crippen LogP contribution in [0.15, 0.2) is 34.8 Å². The molecule has 0 saturated carbocycles. The fourth-order valence-corrected chi connectivity index (χ4v) is 2.88. The molecule has 0 heterocycles. The quantitative estimate of drug-likeness (QED) is 0.307. The van der Waals surface area contributed by atoms with Gasteiger partial charge in [0, 0.05) is 24.2 Å². The summed E-state index contributed by atoms with van der Waals surface area (Å²) in [5.41, 5.74) is -0.727. The monoisotopic (exact) mass is 509 g/mol. The van der Waals surface area contributed by atoms with E-state index in [9.17, 15) is 22.0 Å². The van der Waals surface area contributed by atoms with Crippen LogP contribution in [0.3, 0.4) is 0 Å². The molecule has 117 valence electrons. The Morgan fingerprint density at radius 3 is 2.27 bits per heavy atom. The minimum absolute atomic E-state index is 0.116. The summed E-state index contributed by atoms with van der Waals surface area (Å²) >= 11 is 11.1. The highest BCUT2D eigenvalue weighted by Gasteiger charge is 2.58. The van der Waals surface area contributed by atoms with E-state index in [0.29, 0.717) is 11.6 Å². The van der Waals surface area contributed by atoms with Crippen molar-refractivity contribution in [3.8, 4) is 11.1 Å². The van der Waals surface area contributed by atoms with E-state index in [1.54, 1.807) is 18.2 Å². The molecule has 0 fully saturated rings. The summed E-state index contributed by atoms with van der Waals surface area (Å²) in [4.78, 5) is 0. The Morgan fingerprint density at radius 2 is 1.68 bits per heavy atom. The first-order valence-corrected chi connectivity index (χ1v) is 7.90. The molecule has 0 aliphatic rings. The van der Waals surface area contributed by atoms with Crippen LogP contribution in [0.4, 0.5) is 22.0 Å². The molecule has 2 rings (SSSR count). The smallest absolute Gasteiger partial charge is 0.191 e. The first-order valence-electron chi connectivity index (χ1n) is 5.65. The van der Waals surface area contributed by atoms with E-state index in [-0.39, 0.29) is 15.1 Å². The third kappa shape index (κ3) is 3.41. The molecule has 0 N–H and O–H groups in total. The van der Waals surface area contributed by atoms with Gasteiger partial charge in [0.2, 0.25) is 0 Å². The number of hydrogen-bond donors (Lipinski definition) is 0. The van der Waals surface area contributed by atoms with E-state index >= 15 is 0 Å². The molecular formula is C14H5BrClF5I. The second-order valence-corrected chi connectivity index (χ2v) is 6.76. The summed E-state index contributed by atoms with van der Waals surface area (Å²) in [5, 5.41) is 0.238. The number of alkyl halides is 5. The third-order valence-corrected chi connectivity index (χ3v) is 4.48. The second-order valence-electron chi connectivity index (χ2n) is 4.31. The topological polar surface area (TPSA) is 0 Å². The van der Waals surface area contributed by atoms with Crippen LogP contribution in [0.25, 0.3) is 11.1 Å². The first kappa shape index (κ1) is 17.9. The van der Waals surface area contributed by atoms with Crippen LogP contribution in [0.5, 0.6) is 0 Å². The second kappa shape index (κ2) is 6.24. The molecule has 0 spiro atoms. The van der Waals surface area contributed by atoms with E-state index in [0.717, 1.165) is 9.64 Å². The zero-order valence-electron chi connectivity index (χ0n) is 10.4. The fraction of sp³-hybridized carbons (Fsp3) is 0.143. The summed E-state index contributed by atoms with van der Waals surface area (Å²) < 4.78 is 65.4. The average molecular weight is 510 g/mol. The van der Waals surface area contributed by atoms with Gasteiger partial charge in [-0.2, -0.15) is 22.0 Å². The zero-order chi connectivity index (χ0) is 16.7. The Labute approximate surface area is 149 Å². The molecule has 0 saturated heterocycles. The van der Waals surface area contributed by atoms with Crippen molar-refractivity contribution in [3.05, 3.63) is 55.0 Å². The average Bonchev–Trinajstić information content (AvgIpc) is 2.41. The molecule has 22 heavy (non-hydrogen) atoms. The van der Waals surface area contributed by atoms with Crippen molar-refractivity contribution in [2.75, 3.05) is 0 Å². The lowest BCUT2D eigenvalue weighted by atomic mass is 10.00. The van der Waals surface area contributed by atoms with Crippen molar-refractivity contribution >= 4 is 50.1 Å². The number of halogens is 8. The van der Waals surface area contributed by atoms with Crippen molar-refractivity contribution < 1.29 is 22.0 Å². The van der Waals surface area contributed by atoms with Gasteiger partial charge in [-0.3, -0.25) is 0 Å². The Kier molecular flexibility index (Phi) is 5.09. The molecule has 0 amide bonds. The molecule has 0 aromatic heterocycles. The lowest BCUT2D eigenvalue weighted by molar-refractivity contribution is -0.289. The molecule has 0 unspecified atom stereocenters. The van der Waals surface area contributed by atoms with Crippen molar-refractivity contribution in [2.24, 2.45) is 0 Å². The number of benzene rings is 2. The van der Waals surface area contributed by atoms with Crippen molar-refractivity contribution in [3.63, 3.8) is 0 Å². The van der Waals surface area contributed by atoms with Gasteiger partial charge in [0.1, 0.15) is 0 Å². The van der Waals surface area contributed by atoms with Gasteiger partial charge in [0.15, 0.2) is 0 Å². The van der Waals surface area contributed by atoms with E-state index in [2.05, 4.69) is 22.0 Å². The van der Waals surface area contributed by atoms with Gasteiger partial charge < -0.3 is 0 Å². The van der Waals surface area contributed by atoms with Crippen molar-refractivity contribution in [2.45, 2.75) is 12.1 Å². The molecule has 0 atom stereocenters. The van der Waals surface area contributed by atoms with E-state index in [1.807, 2.05) is 22.6 Å². The van der Waals surface area contributed by atoms with Gasteiger partial charge in [0.25, 0.3) is 0 Å². The zero-order valence-corrected chi connectivity index (χ0v) is 14.9. The van der Waals surface area contributed by atoms with Crippen molar-refractivity contribution in [1.82, 2.24) is 0 Å². The van der Waals surface area contributed by atoms with Crippen LogP contribution in [0.2, 0.25) is 5.02 Å². The first-order chi connectivity index (χ1) is 10.0. The summed E-state index contributed by atoms with van der Waals surface area (Å²) in [5.74, 6) is -4.96. The van der Waals surface area contributed by atoms with Crippen molar-refractivity contribution in [1.29, 1.82) is 0 Å². The van der Waals surface area contributed by atoms with Crippen LogP contribution >= 0.6 is 50.1 Å². The summed E-state index contributed by atoms with van der Waals surface area (Å²) in [6.45, 7) is 0.